The molecular formula is C25H35N3O4. The van der Waals surface area contributed by atoms with Gasteiger partial charge >= 0.3 is 0 Å². The zero-order chi connectivity index (χ0) is 23.2. The lowest BCUT2D eigenvalue weighted by Crippen LogP contribution is -2.74. The number of primary amides is 1. The molecule has 174 valence electrons. The van der Waals surface area contributed by atoms with E-state index in [1.54, 1.807) is 6.07 Å². The van der Waals surface area contributed by atoms with Gasteiger partial charge < -0.3 is 26.2 Å². The average Bonchev–Trinajstić information content (AvgIpc) is 3.11. The van der Waals surface area contributed by atoms with Gasteiger partial charge in [-0.2, -0.15) is 0 Å². The van der Waals surface area contributed by atoms with Crippen LogP contribution < -0.4 is 21.1 Å². The first-order chi connectivity index (χ1) is 15.0. The third-order valence-electron chi connectivity index (χ3n) is 9.66. The fourth-order valence-corrected chi connectivity index (χ4v) is 7.61. The van der Waals surface area contributed by atoms with Crippen molar-refractivity contribution in [3.63, 3.8) is 0 Å². The summed E-state index contributed by atoms with van der Waals surface area (Å²) in [4.78, 5) is 24.8. The van der Waals surface area contributed by atoms with Gasteiger partial charge in [0, 0.05) is 35.9 Å². The van der Waals surface area contributed by atoms with Gasteiger partial charge in [-0.3, -0.25) is 9.59 Å². The lowest BCUT2D eigenvalue weighted by molar-refractivity contribution is -0.241. The van der Waals surface area contributed by atoms with Crippen molar-refractivity contribution in [3.05, 3.63) is 28.3 Å². The van der Waals surface area contributed by atoms with Crippen LogP contribution in [0, 0.1) is 22.7 Å². The Kier molecular flexibility index (Phi) is 4.55. The minimum absolute atomic E-state index is 0.0925. The van der Waals surface area contributed by atoms with E-state index in [0.717, 1.165) is 36.1 Å². The highest BCUT2D eigenvalue weighted by atomic mass is 16.5. The Morgan fingerprint density at radius 2 is 2.03 bits per heavy atom. The van der Waals surface area contributed by atoms with E-state index in [9.17, 15) is 14.7 Å². The summed E-state index contributed by atoms with van der Waals surface area (Å²) in [5.74, 6) is 0.452. The molecule has 4 aliphatic rings. The van der Waals surface area contributed by atoms with E-state index in [2.05, 4.69) is 38.3 Å². The summed E-state index contributed by atoms with van der Waals surface area (Å²) in [6.07, 6.45) is 3.04. The highest BCUT2D eigenvalue weighted by Crippen LogP contribution is 2.66. The van der Waals surface area contributed by atoms with Crippen LogP contribution in [0.4, 0.5) is 0 Å². The van der Waals surface area contributed by atoms with E-state index < -0.39 is 17.6 Å². The van der Waals surface area contributed by atoms with Gasteiger partial charge in [-0.15, -0.1) is 0 Å². The molecule has 7 heteroatoms. The number of aliphatic hydroxyl groups is 1. The molecule has 7 nitrogen and oxygen atoms in total. The van der Waals surface area contributed by atoms with E-state index >= 15 is 0 Å². The Hall–Kier alpha value is -2.12. The Balaban J connectivity index is 1.75. The smallest absolute Gasteiger partial charge is 0.252 e. The van der Waals surface area contributed by atoms with Crippen molar-refractivity contribution in [1.82, 2.24) is 10.6 Å². The molecule has 2 fully saturated rings. The molecule has 6 atom stereocenters. The first-order valence-corrected chi connectivity index (χ1v) is 11.8. The summed E-state index contributed by atoms with van der Waals surface area (Å²) in [6.45, 7) is 9.27. The Morgan fingerprint density at radius 3 is 2.69 bits per heavy atom. The minimum Gasteiger partial charge on any atom is -0.486 e. The van der Waals surface area contributed by atoms with Crippen molar-refractivity contribution in [1.29, 1.82) is 0 Å². The van der Waals surface area contributed by atoms with Crippen LogP contribution in [0.25, 0.3) is 0 Å². The second-order valence-corrected chi connectivity index (χ2v) is 11.3. The minimum atomic E-state index is -0.585. The number of amides is 2. The highest BCUT2D eigenvalue weighted by molar-refractivity contribution is 6.10. The molecule has 32 heavy (non-hydrogen) atoms. The number of rotatable bonds is 2. The standard InChI is InChI=1S/C25H35N3O4/c1-12-6-7-17-23(2,3)20(29)16(27-5)10-25(17)24(12,4)9-13-8-14(21(26)30)18-15(19(13)32-25)11-28-22(18)31/h8,12,16-17,20,27,29H,6-7,9-11H2,1-5H3,(H2,26,30)(H,28,31)/t12-,16?,17-,20?,24+,25-/m0/s1. The van der Waals surface area contributed by atoms with Gasteiger partial charge in [-0.05, 0) is 49.3 Å². The van der Waals surface area contributed by atoms with E-state index in [1.165, 1.54) is 0 Å². The SMILES string of the molecule is CNC1C[C@@]23Oc4c(cc(C(N)=O)c5c4CNC5=O)C[C@]2(C)[C@@H](C)CC[C@H]3C(C)(C)C1O. The molecule has 2 amide bonds. The quantitative estimate of drug-likeness (QED) is 0.562. The van der Waals surface area contributed by atoms with Crippen molar-refractivity contribution < 1.29 is 19.4 Å². The maximum absolute atomic E-state index is 12.6. The molecule has 2 unspecified atom stereocenters. The molecule has 2 saturated carbocycles. The number of likely N-dealkylation sites (N-methyl/N-ethyl adjacent to an activating group) is 1. The Labute approximate surface area is 189 Å². The molecule has 5 rings (SSSR count). The van der Waals surface area contributed by atoms with Gasteiger partial charge in [0.1, 0.15) is 11.4 Å². The van der Waals surface area contributed by atoms with E-state index in [1.807, 2.05) is 7.05 Å². The number of hydrogen-bond acceptors (Lipinski definition) is 5. The first-order valence-electron chi connectivity index (χ1n) is 11.8. The van der Waals surface area contributed by atoms with Crippen molar-refractivity contribution in [2.45, 2.75) is 77.7 Å². The van der Waals surface area contributed by atoms with Gasteiger partial charge in [0.05, 0.1) is 17.2 Å². The Morgan fingerprint density at radius 1 is 1.31 bits per heavy atom. The molecule has 1 aromatic carbocycles. The summed E-state index contributed by atoms with van der Waals surface area (Å²) in [5.41, 5.74) is 7.01. The number of carbonyl (C=O) groups excluding carboxylic acids is 2. The third-order valence-corrected chi connectivity index (χ3v) is 9.66. The number of aliphatic hydroxyl groups excluding tert-OH is 1. The molecule has 0 saturated heterocycles. The van der Waals surface area contributed by atoms with Crippen molar-refractivity contribution in [2.24, 2.45) is 28.4 Å². The maximum atomic E-state index is 12.6. The van der Waals surface area contributed by atoms with E-state index in [4.69, 9.17) is 10.5 Å². The van der Waals surface area contributed by atoms with Crippen molar-refractivity contribution in [3.8, 4) is 5.75 Å². The normalized spacial score (nSPS) is 39.1. The third kappa shape index (κ3) is 2.49. The molecule has 1 aromatic rings. The molecule has 2 aliphatic carbocycles. The van der Waals surface area contributed by atoms with E-state index in [0.29, 0.717) is 24.4 Å². The Bertz CT molecular complexity index is 1020. The predicted octanol–water partition coefficient (Wildman–Crippen LogP) is 2.13. The number of hydrogen-bond donors (Lipinski definition) is 4. The molecular weight excluding hydrogens is 406 g/mol. The van der Waals surface area contributed by atoms with Gasteiger partial charge in [-0.1, -0.05) is 27.7 Å². The highest BCUT2D eigenvalue weighted by Gasteiger charge is 2.69. The van der Waals surface area contributed by atoms with Crippen LogP contribution in [0.1, 0.15) is 78.8 Å². The van der Waals surface area contributed by atoms with Crippen LogP contribution in [-0.4, -0.2) is 41.7 Å². The molecule has 0 aromatic heterocycles. The summed E-state index contributed by atoms with van der Waals surface area (Å²) in [7, 11) is 1.90. The first kappa shape index (κ1) is 21.7. The van der Waals surface area contributed by atoms with Gasteiger partial charge in [0.2, 0.25) is 5.91 Å². The number of nitrogens with one attached hydrogen (secondary N) is 2. The molecule has 1 spiro atoms. The van der Waals surface area contributed by atoms with Crippen molar-refractivity contribution in [2.75, 3.05) is 7.05 Å². The number of nitrogens with two attached hydrogens (primary N) is 1. The van der Waals surface area contributed by atoms with Crippen LogP contribution in [0.2, 0.25) is 0 Å². The number of carbonyl (C=O) groups is 2. The van der Waals surface area contributed by atoms with E-state index in [-0.39, 0.29) is 34.3 Å². The zero-order valence-corrected chi connectivity index (χ0v) is 19.7. The zero-order valence-electron chi connectivity index (χ0n) is 19.7. The second-order valence-electron chi connectivity index (χ2n) is 11.3. The average molecular weight is 442 g/mol. The van der Waals surface area contributed by atoms with Crippen LogP contribution in [0.15, 0.2) is 6.07 Å². The fourth-order valence-electron chi connectivity index (χ4n) is 7.61. The number of ether oxygens (including phenoxy) is 1. The summed E-state index contributed by atoms with van der Waals surface area (Å²) in [5, 5.41) is 17.4. The largest absolute Gasteiger partial charge is 0.486 e. The lowest BCUT2D eigenvalue weighted by atomic mass is 9.43. The second kappa shape index (κ2) is 6.70. The molecule has 2 heterocycles. The monoisotopic (exact) mass is 441 g/mol. The number of fused-ring (bicyclic) bond motifs is 3. The summed E-state index contributed by atoms with van der Waals surface area (Å²) in [6, 6.07) is 1.69. The van der Waals surface area contributed by atoms with Crippen molar-refractivity contribution >= 4 is 11.8 Å². The van der Waals surface area contributed by atoms with Gasteiger partial charge in [-0.25, -0.2) is 0 Å². The van der Waals surface area contributed by atoms with Gasteiger partial charge in [0.25, 0.3) is 5.91 Å². The van der Waals surface area contributed by atoms with Crippen LogP contribution in [0.5, 0.6) is 5.75 Å². The fraction of sp³-hybridized carbons (Fsp3) is 0.680. The molecule has 2 aliphatic heterocycles. The van der Waals surface area contributed by atoms with Crippen LogP contribution >= 0.6 is 0 Å². The summed E-state index contributed by atoms with van der Waals surface area (Å²) >= 11 is 0. The topological polar surface area (TPSA) is 114 Å². The molecule has 0 radical (unpaired) electrons. The maximum Gasteiger partial charge on any atom is 0.252 e. The lowest BCUT2D eigenvalue weighted by Gasteiger charge is -2.68. The van der Waals surface area contributed by atoms with Crippen LogP contribution in [-0.2, 0) is 13.0 Å². The summed E-state index contributed by atoms with van der Waals surface area (Å²) < 4.78 is 7.15. The van der Waals surface area contributed by atoms with Crippen LogP contribution in [0.3, 0.4) is 0 Å². The number of benzene rings is 1. The molecule has 0 bridgehead atoms. The predicted molar refractivity (Wildman–Crippen MR) is 120 cm³/mol. The van der Waals surface area contributed by atoms with Gasteiger partial charge in [0.15, 0.2) is 0 Å². The molecule has 5 N–H and O–H groups in total.